The molecule has 2 aromatic rings. The number of rotatable bonds is 8. The summed E-state index contributed by atoms with van der Waals surface area (Å²) in [5, 5.41) is 3.75. The Morgan fingerprint density at radius 2 is 1.97 bits per heavy atom. The molecule has 1 saturated heterocycles. The Balaban J connectivity index is 1.50. The second kappa shape index (κ2) is 9.62. The molecule has 2 aliphatic rings. The minimum absolute atomic E-state index is 0.133. The lowest BCUT2D eigenvalue weighted by Gasteiger charge is -2.29. The number of amides is 1. The van der Waals surface area contributed by atoms with Crippen LogP contribution in [-0.2, 0) is 11.2 Å². The maximum absolute atomic E-state index is 12.7. The van der Waals surface area contributed by atoms with E-state index in [0.29, 0.717) is 30.8 Å². The molecule has 1 aromatic heterocycles. The third kappa shape index (κ3) is 5.61. The van der Waals surface area contributed by atoms with E-state index in [-0.39, 0.29) is 5.91 Å². The van der Waals surface area contributed by atoms with Gasteiger partial charge in [-0.2, -0.15) is 4.98 Å². The number of likely N-dealkylation sites (N-methyl/N-ethyl adjacent to an activating group) is 1. The van der Waals surface area contributed by atoms with E-state index >= 15 is 0 Å². The van der Waals surface area contributed by atoms with Crippen LogP contribution in [0.25, 0.3) is 0 Å². The number of anilines is 2. The lowest BCUT2D eigenvalue weighted by molar-refractivity contribution is 0.0946. The number of nitrogens with one attached hydrogen (secondary N) is 1. The van der Waals surface area contributed by atoms with Crippen molar-refractivity contribution in [3.05, 3.63) is 46.6 Å². The average Bonchev–Trinajstić information content (AvgIpc) is 3.62. The van der Waals surface area contributed by atoms with Crippen LogP contribution in [0.2, 0.25) is 5.02 Å². The van der Waals surface area contributed by atoms with Gasteiger partial charge in [0.25, 0.3) is 5.91 Å². The number of aromatic nitrogens is 2. The molecule has 30 heavy (non-hydrogen) atoms. The lowest BCUT2D eigenvalue weighted by Crippen LogP contribution is -2.37. The average molecular weight is 430 g/mol. The third-order valence-electron chi connectivity index (χ3n) is 5.51. The minimum atomic E-state index is -0.133. The zero-order valence-electron chi connectivity index (χ0n) is 17.3. The topological polar surface area (TPSA) is 70.6 Å². The molecule has 1 N–H and O–H groups in total. The standard InChI is InChI=1S/C22H28ClN5O2/c1-27(9-8-16-4-6-18(23)7-5-16)22-25-19(21(29)24-15-17-2-3-17)14-20(26-22)28-10-12-30-13-11-28/h4-7,14,17H,2-3,8-13,15H2,1H3,(H,24,29). The van der Waals surface area contributed by atoms with Crippen LogP contribution in [0.4, 0.5) is 11.8 Å². The van der Waals surface area contributed by atoms with Crippen LogP contribution >= 0.6 is 11.6 Å². The zero-order chi connectivity index (χ0) is 20.9. The van der Waals surface area contributed by atoms with Crippen LogP contribution in [0.5, 0.6) is 0 Å². The lowest BCUT2D eigenvalue weighted by atomic mass is 10.1. The number of hydrogen-bond donors (Lipinski definition) is 1. The van der Waals surface area contributed by atoms with Gasteiger partial charge in [0.05, 0.1) is 13.2 Å². The molecule has 1 aromatic carbocycles. The molecule has 160 valence electrons. The number of ether oxygens (including phenoxy) is 1. The first-order valence-corrected chi connectivity index (χ1v) is 10.9. The van der Waals surface area contributed by atoms with Crippen LogP contribution in [0, 0.1) is 5.92 Å². The Bertz CT molecular complexity index is 866. The Kier molecular flexibility index (Phi) is 6.69. The van der Waals surface area contributed by atoms with Crippen molar-refractivity contribution in [3.8, 4) is 0 Å². The second-order valence-corrected chi connectivity index (χ2v) is 8.40. The van der Waals surface area contributed by atoms with E-state index in [9.17, 15) is 4.79 Å². The van der Waals surface area contributed by atoms with Crippen LogP contribution < -0.4 is 15.1 Å². The van der Waals surface area contributed by atoms with Gasteiger partial charge in [0, 0.05) is 44.3 Å². The molecule has 7 nitrogen and oxygen atoms in total. The van der Waals surface area contributed by atoms with Gasteiger partial charge in [0.2, 0.25) is 5.95 Å². The van der Waals surface area contributed by atoms with Gasteiger partial charge in [-0.3, -0.25) is 4.79 Å². The Morgan fingerprint density at radius 1 is 1.23 bits per heavy atom. The van der Waals surface area contributed by atoms with E-state index in [1.165, 1.54) is 18.4 Å². The molecule has 1 saturated carbocycles. The normalized spacial score (nSPS) is 16.4. The molecule has 2 heterocycles. The Hall–Kier alpha value is -2.38. The van der Waals surface area contributed by atoms with Gasteiger partial charge in [-0.15, -0.1) is 0 Å². The van der Waals surface area contributed by atoms with E-state index in [4.69, 9.17) is 21.3 Å². The summed E-state index contributed by atoms with van der Waals surface area (Å²) in [6, 6.07) is 9.64. The number of morpholine rings is 1. The van der Waals surface area contributed by atoms with E-state index in [0.717, 1.165) is 43.4 Å². The van der Waals surface area contributed by atoms with Gasteiger partial charge < -0.3 is 19.9 Å². The van der Waals surface area contributed by atoms with Crippen molar-refractivity contribution < 1.29 is 9.53 Å². The SMILES string of the molecule is CN(CCc1ccc(Cl)cc1)c1nc(C(=O)NCC2CC2)cc(N2CCOCC2)n1. The number of nitrogens with zero attached hydrogens (tertiary/aromatic N) is 4. The van der Waals surface area contributed by atoms with E-state index < -0.39 is 0 Å². The van der Waals surface area contributed by atoms with Crippen molar-refractivity contribution in [3.63, 3.8) is 0 Å². The van der Waals surface area contributed by atoms with Crippen molar-refractivity contribution in [2.45, 2.75) is 19.3 Å². The quantitative estimate of drug-likeness (QED) is 0.695. The number of carbonyl (C=O) groups is 1. The molecular formula is C22H28ClN5O2. The summed E-state index contributed by atoms with van der Waals surface area (Å²) in [6.45, 7) is 4.29. The number of carbonyl (C=O) groups excluding carboxylic acids is 1. The summed E-state index contributed by atoms with van der Waals surface area (Å²) in [5.74, 6) is 1.82. The van der Waals surface area contributed by atoms with E-state index in [1.54, 1.807) is 6.07 Å². The summed E-state index contributed by atoms with van der Waals surface area (Å²) >= 11 is 5.98. The zero-order valence-corrected chi connectivity index (χ0v) is 18.1. The second-order valence-electron chi connectivity index (χ2n) is 7.96. The van der Waals surface area contributed by atoms with Gasteiger partial charge in [-0.1, -0.05) is 23.7 Å². The maximum atomic E-state index is 12.7. The van der Waals surface area contributed by atoms with Gasteiger partial charge in [-0.25, -0.2) is 4.98 Å². The summed E-state index contributed by atoms with van der Waals surface area (Å²) in [6.07, 6.45) is 3.23. The maximum Gasteiger partial charge on any atom is 0.270 e. The first kappa shape index (κ1) is 20.9. The van der Waals surface area contributed by atoms with Crippen LogP contribution in [0.1, 0.15) is 28.9 Å². The van der Waals surface area contributed by atoms with Gasteiger partial charge in [-0.05, 0) is 42.9 Å². The molecule has 2 fully saturated rings. The highest BCUT2D eigenvalue weighted by Gasteiger charge is 2.23. The van der Waals surface area contributed by atoms with Crippen molar-refractivity contribution in [2.75, 3.05) is 56.2 Å². The first-order valence-electron chi connectivity index (χ1n) is 10.5. The van der Waals surface area contributed by atoms with Crippen molar-refractivity contribution in [1.29, 1.82) is 0 Å². The van der Waals surface area contributed by atoms with Crippen molar-refractivity contribution in [1.82, 2.24) is 15.3 Å². The van der Waals surface area contributed by atoms with Crippen LogP contribution in [0.15, 0.2) is 30.3 Å². The molecule has 0 bridgehead atoms. The Labute approximate surface area is 182 Å². The van der Waals surface area contributed by atoms with Crippen LogP contribution in [0.3, 0.4) is 0 Å². The highest BCUT2D eigenvalue weighted by atomic mass is 35.5. The highest BCUT2D eigenvalue weighted by molar-refractivity contribution is 6.30. The molecule has 1 amide bonds. The number of halogens is 1. The smallest absolute Gasteiger partial charge is 0.270 e. The third-order valence-corrected chi connectivity index (χ3v) is 5.76. The van der Waals surface area contributed by atoms with Gasteiger partial charge >= 0.3 is 0 Å². The molecule has 0 unspecified atom stereocenters. The van der Waals surface area contributed by atoms with Crippen molar-refractivity contribution >= 4 is 29.3 Å². The monoisotopic (exact) mass is 429 g/mol. The predicted molar refractivity (Wildman–Crippen MR) is 119 cm³/mol. The summed E-state index contributed by atoms with van der Waals surface area (Å²) in [4.78, 5) is 26.2. The van der Waals surface area contributed by atoms with Crippen LogP contribution in [-0.4, -0.2) is 62.3 Å². The molecule has 0 spiro atoms. The molecule has 1 aliphatic heterocycles. The van der Waals surface area contributed by atoms with Gasteiger partial charge in [0.1, 0.15) is 11.5 Å². The fraction of sp³-hybridized carbons (Fsp3) is 0.500. The summed E-state index contributed by atoms with van der Waals surface area (Å²) < 4.78 is 5.46. The number of hydrogen-bond acceptors (Lipinski definition) is 6. The van der Waals surface area contributed by atoms with E-state index in [1.807, 2.05) is 36.2 Å². The summed E-state index contributed by atoms with van der Waals surface area (Å²) in [7, 11) is 1.96. The molecule has 8 heteroatoms. The molecule has 0 radical (unpaired) electrons. The van der Waals surface area contributed by atoms with Gasteiger partial charge in [0.15, 0.2) is 0 Å². The molecular weight excluding hydrogens is 402 g/mol. The van der Waals surface area contributed by atoms with Crippen molar-refractivity contribution in [2.24, 2.45) is 5.92 Å². The molecule has 0 atom stereocenters. The fourth-order valence-corrected chi connectivity index (χ4v) is 3.49. The molecule has 1 aliphatic carbocycles. The largest absolute Gasteiger partial charge is 0.378 e. The fourth-order valence-electron chi connectivity index (χ4n) is 3.36. The highest BCUT2D eigenvalue weighted by Crippen LogP contribution is 2.27. The number of benzene rings is 1. The summed E-state index contributed by atoms with van der Waals surface area (Å²) in [5.41, 5.74) is 1.61. The van der Waals surface area contributed by atoms with E-state index in [2.05, 4.69) is 15.2 Å². The predicted octanol–water partition coefficient (Wildman–Crippen LogP) is 2.79. The minimum Gasteiger partial charge on any atom is -0.378 e. The molecule has 4 rings (SSSR count). The Morgan fingerprint density at radius 3 is 2.67 bits per heavy atom. The first-order chi connectivity index (χ1) is 14.6.